The van der Waals surface area contributed by atoms with Crippen molar-refractivity contribution in [3.8, 4) is 0 Å². The van der Waals surface area contributed by atoms with E-state index < -0.39 is 0 Å². The molecule has 1 fully saturated rings. The van der Waals surface area contributed by atoms with Gasteiger partial charge in [0.25, 0.3) is 0 Å². The van der Waals surface area contributed by atoms with Gasteiger partial charge in [-0.1, -0.05) is 25.4 Å². The summed E-state index contributed by atoms with van der Waals surface area (Å²) in [6.45, 7) is 4.52. The molecule has 2 rings (SSSR count). The van der Waals surface area contributed by atoms with Gasteiger partial charge in [-0.05, 0) is 30.2 Å². The molecule has 0 aliphatic carbocycles. The van der Waals surface area contributed by atoms with Crippen LogP contribution in [-0.4, -0.2) is 24.4 Å². The lowest BCUT2D eigenvalue weighted by molar-refractivity contribution is -0.122. The van der Waals surface area contributed by atoms with Crippen LogP contribution in [0.2, 0.25) is 5.02 Å². The van der Waals surface area contributed by atoms with Crippen LogP contribution >= 0.6 is 11.6 Å². The maximum atomic E-state index is 12.0. The Morgan fingerprint density at radius 3 is 2.65 bits per heavy atom. The Morgan fingerprint density at radius 1 is 1.40 bits per heavy atom. The molecule has 108 valence electrons. The first-order chi connectivity index (χ1) is 9.45. The number of hydrogen-bond acceptors (Lipinski definition) is 2. The molecule has 5 heteroatoms. The molecule has 1 atom stereocenters. The first kappa shape index (κ1) is 14.9. The lowest BCUT2D eigenvalue weighted by Gasteiger charge is -2.17. The molecular formula is C15H19ClN2O2. The summed E-state index contributed by atoms with van der Waals surface area (Å²) in [7, 11) is 0. The molecule has 0 saturated carbocycles. The summed E-state index contributed by atoms with van der Waals surface area (Å²) in [6.07, 6.45) is 0.845. The van der Waals surface area contributed by atoms with Gasteiger partial charge >= 0.3 is 0 Å². The van der Waals surface area contributed by atoms with Crippen molar-refractivity contribution in [2.24, 2.45) is 5.92 Å². The predicted molar refractivity (Wildman–Crippen MR) is 79.8 cm³/mol. The topological polar surface area (TPSA) is 49.4 Å². The number of carbonyl (C=O) groups excluding carboxylic acids is 2. The second kappa shape index (κ2) is 6.27. The Morgan fingerprint density at radius 2 is 2.05 bits per heavy atom. The van der Waals surface area contributed by atoms with E-state index >= 15 is 0 Å². The molecule has 4 nitrogen and oxygen atoms in total. The van der Waals surface area contributed by atoms with E-state index in [1.54, 1.807) is 17.0 Å². The molecule has 1 heterocycles. The SMILES string of the molecule is CC(C)CC(=O)N[C@H]1CC(=O)N(c2ccc(Cl)cc2)C1. The zero-order chi connectivity index (χ0) is 14.7. The van der Waals surface area contributed by atoms with Gasteiger partial charge in [-0.3, -0.25) is 9.59 Å². The van der Waals surface area contributed by atoms with Crippen LogP contribution < -0.4 is 10.2 Å². The molecule has 1 aromatic rings. The molecular weight excluding hydrogens is 276 g/mol. The molecule has 1 N–H and O–H groups in total. The van der Waals surface area contributed by atoms with Gasteiger partial charge in [-0.25, -0.2) is 0 Å². The minimum atomic E-state index is -0.107. The lowest BCUT2D eigenvalue weighted by Crippen LogP contribution is -2.37. The molecule has 0 radical (unpaired) electrons. The summed E-state index contributed by atoms with van der Waals surface area (Å²) in [6, 6.07) is 7.05. The van der Waals surface area contributed by atoms with Crippen molar-refractivity contribution in [2.75, 3.05) is 11.4 Å². The average Bonchev–Trinajstić information content (AvgIpc) is 2.70. The highest BCUT2D eigenvalue weighted by Crippen LogP contribution is 2.23. The van der Waals surface area contributed by atoms with E-state index in [-0.39, 0.29) is 17.9 Å². The molecule has 0 bridgehead atoms. The second-order valence-electron chi connectivity index (χ2n) is 5.55. The number of anilines is 1. The Balaban J connectivity index is 1.97. The molecule has 20 heavy (non-hydrogen) atoms. The van der Waals surface area contributed by atoms with Gasteiger partial charge in [0.1, 0.15) is 0 Å². The summed E-state index contributed by atoms with van der Waals surface area (Å²) in [5.74, 6) is 0.359. The van der Waals surface area contributed by atoms with Crippen molar-refractivity contribution < 1.29 is 9.59 Å². The number of benzene rings is 1. The molecule has 0 aromatic heterocycles. The summed E-state index contributed by atoms with van der Waals surface area (Å²) in [4.78, 5) is 25.5. The van der Waals surface area contributed by atoms with Crippen molar-refractivity contribution >= 4 is 29.1 Å². The van der Waals surface area contributed by atoms with Crippen LogP contribution in [-0.2, 0) is 9.59 Å². The number of rotatable bonds is 4. The first-order valence-electron chi connectivity index (χ1n) is 6.81. The van der Waals surface area contributed by atoms with E-state index in [9.17, 15) is 9.59 Å². The van der Waals surface area contributed by atoms with Crippen LogP contribution in [0.1, 0.15) is 26.7 Å². The summed E-state index contributed by atoms with van der Waals surface area (Å²) < 4.78 is 0. The van der Waals surface area contributed by atoms with Crippen LogP contribution in [0.3, 0.4) is 0 Å². The zero-order valence-corrected chi connectivity index (χ0v) is 12.5. The minimum absolute atomic E-state index is 0.00996. The molecule has 0 unspecified atom stereocenters. The van der Waals surface area contributed by atoms with E-state index in [0.717, 1.165) is 5.69 Å². The average molecular weight is 295 g/mol. The van der Waals surface area contributed by atoms with Crippen LogP contribution in [0.5, 0.6) is 0 Å². The van der Waals surface area contributed by atoms with E-state index in [4.69, 9.17) is 11.6 Å². The van der Waals surface area contributed by atoms with E-state index in [1.165, 1.54) is 0 Å². The molecule has 1 aliphatic heterocycles. The monoisotopic (exact) mass is 294 g/mol. The van der Waals surface area contributed by atoms with Gasteiger partial charge in [-0.15, -0.1) is 0 Å². The zero-order valence-electron chi connectivity index (χ0n) is 11.7. The predicted octanol–water partition coefficient (Wildman–Crippen LogP) is 2.61. The van der Waals surface area contributed by atoms with Crippen LogP contribution in [0, 0.1) is 5.92 Å². The molecule has 1 aromatic carbocycles. The fourth-order valence-corrected chi connectivity index (χ4v) is 2.46. The van der Waals surface area contributed by atoms with E-state index in [2.05, 4.69) is 5.32 Å². The van der Waals surface area contributed by atoms with E-state index in [0.29, 0.717) is 30.3 Å². The van der Waals surface area contributed by atoms with Crippen LogP contribution in [0.15, 0.2) is 24.3 Å². The fraction of sp³-hybridized carbons (Fsp3) is 0.467. The van der Waals surface area contributed by atoms with Crippen LogP contribution in [0.25, 0.3) is 0 Å². The van der Waals surface area contributed by atoms with Crippen molar-refractivity contribution in [3.05, 3.63) is 29.3 Å². The van der Waals surface area contributed by atoms with E-state index in [1.807, 2.05) is 26.0 Å². The maximum Gasteiger partial charge on any atom is 0.229 e. The summed E-state index contributed by atoms with van der Waals surface area (Å²) in [5, 5.41) is 3.57. The van der Waals surface area contributed by atoms with Crippen molar-refractivity contribution in [1.82, 2.24) is 5.32 Å². The van der Waals surface area contributed by atoms with Crippen LogP contribution in [0.4, 0.5) is 5.69 Å². The lowest BCUT2D eigenvalue weighted by atomic mass is 10.1. The number of nitrogens with zero attached hydrogens (tertiary/aromatic N) is 1. The van der Waals surface area contributed by atoms with Gasteiger partial charge < -0.3 is 10.2 Å². The Labute approximate surface area is 124 Å². The molecule has 1 aliphatic rings. The Hall–Kier alpha value is -1.55. The van der Waals surface area contributed by atoms with Crippen molar-refractivity contribution in [1.29, 1.82) is 0 Å². The van der Waals surface area contributed by atoms with Gasteiger partial charge in [0.05, 0.1) is 6.04 Å². The fourth-order valence-electron chi connectivity index (χ4n) is 2.33. The van der Waals surface area contributed by atoms with Gasteiger partial charge in [-0.2, -0.15) is 0 Å². The van der Waals surface area contributed by atoms with Gasteiger partial charge in [0, 0.05) is 30.1 Å². The molecule has 1 saturated heterocycles. The molecule has 0 spiro atoms. The van der Waals surface area contributed by atoms with Crippen molar-refractivity contribution in [2.45, 2.75) is 32.7 Å². The quantitative estimate of drug-likeness (QED) is 0.928. The third-order valence-electron chi connectivity index (χ3n) is 3.22. The largest absolute Gasteiger partial charge is 0.351 e. The maximum absolute atomic E-state index is 12.0. The third kappa shape index (κ3) is 3.73. The number of amides is 2. The van der Waals surface area contributed by atoms with Gasteiger partial charge in [0.2, 0.25) is 11.8 Å². The highest BCUT2D eigenvalue weighted by molar-refractivity contribution is 6.30. The minimum Gasteiger partial charge on any atom is -0.351 e. The first-order valence-corrected chi connectivity index (χ1v) is 7.19. The number of carbonyl (C=O) groups is 2. The Bertz CT molecular complexity index is 499. The highest BCUT2D eigenvalue weighted by atomic mass is 35.5. The second-order valence-corrected chi connectivity index (χ2v) is 5.98. The van der Waals surface area contributed by atoms with Crippen molar-refractivity contribution in [3.63, 3.8) is 0 Å². The summed E-state index contributed by atoms with van der Waals surface area (Å²) >= 11 is 5.84. The third-order valence-corrected chi connectivity index (χ3v) is 3.47. The highest BCUT2D eigenvalue weighted by Gasteiger charge is 2.31. The number of nitrogens with one attached hydrogen (secondary N) is 1. The standard InChI is InChI=1S/C15H19ClN2O2/c1-10(2)7-14(19)17-12-8-15(20)18(9-12)13-5-3-11(16)4-6-13/h3-6,10,12H,7-9H2,1-2H3,(H,17,19)/t12-/m0/s1. The number of halogens is 1. The summed E-state index contributed by atoms with van der Waals surface area (Å²) in [5.41, 5.74) is 0.819. The van der Waals surface area contributed by atoms with Gasteiger partial charge in [0.15, 0.2) is 0 Å². The Kier molecular flexibility index (Phi) is 4.65. The normalized spacial score (nSPS) is 18.7. The number of hydrogen-bond donors (Lipinski definition) is 1. The molecule has 2 amide bonds. The smallest absolute Gasteiger partial charge is 0.229 e.